The van der Waals surface area contributed by atoms with Gasteiger partial charge in [0.25, 0.3) is 0 Å². The number of aromatic nitrogens is 7. The van der Waals surface area contributed by atoms with Crippen LogP contribution in [0, 0.1) is 34.6 Å². The number of imidazole rings is 2. The van der Waals surface area contributed by atoms with Gasteiger partial charge in [-0.15, -0.1) is 0 Å². The lowest BCUT2D eigenvalue weighted by Crippen LogP contribution is -1.99. The van der Waals surface area contributed by atoms with E-state index in [0.29, 0.717) is 26.6 Å². The first kappa shape index (κ1) is 33.5. The van der Waals surface area contributed by atoms with Crippen LogP contribution in [-0.2, 0) is 0 Å². The van der Waals surface area contributed by atoms with Crippen molar-refractivity contribution in [2.75, 3.05) is 14.2 Å². The highest BCUT2D eigenvalue weighted by Gasteiger charge is 2.20. The second kappa shape index (κ2) is 13.1. The molecule has 0 aliphatic rings. The largest absolute Gasteiger partial charge is 0.495 e. The highest BCUT2D eigenvalue weighted by atomic mass is 35.5. The van der Waals surface area contributed by atoms with Crippen molar-refractivity contribution >= 4 is 67.9 Å². The fraction of sp³-hybridized carbons (Fsp3) is 0.184. The number of pyridine rings is 1. The molecule has 5 heterocycles. The second-order valence-electron chi connectivity index (χ2n) is 11.9. The molecule has 50 heavy (non-hydrogen) atoms. The lowest BCUT2D eigenvalue weighted by molar-refractivity contribution is 0.415. The van der Waals surface area contributed by atoms with Crippen LogP contribution >= 0.6 is 34.8 Å². The van der Waals surface area contributed by atoms with Gasteiger partial charge < -0.3 is 9.47 Å². The zero-order chi connectivity index (χ0) is 35.4. The lowest BCUT2D eigenvalue weighted by Gasteiger charge is -2.11. The van der Waals surface area contributed by atoms with Crippen LogP contribution in [0.1, 0.15) is 28.3 Å². The summed E-state index contributed by atoms with van der Waals surface area (Å²) in [6, 6.07) is 17.1. The number of ether oxygens (including phenoxy) is 2. The summed E-state index contributed by atoms with van der Waals surface area (Å²) in [7, 11) is 3.19. The molecule has 252 valence electrons. The Labute approximate surface area is 303 Å². The van der Waals surface area contributed by atoms with Gasteiger partial charge in [-0.25, -0.2) is 19.9 Å². The summed E-state index contributed by atoms with van der Waals surface area (Å²) in [6.45, 7) is 9.99. The minimum Gasteiger partial charge on any atom is -0.495 e. The van der Waals surface area contributed by atoms with Crippen LogP contribution in [0.15, 0.2) is 67.0 Å². The Morgan fingerprint density at radius 3 is 1.52 bits per heavy atom. The molecule has 0 spiro atoms. The zero-order valence-corrected chi connectivity index (χ0v) is 30.7. The summed E-state index contributed by atoms with van der Waals surface area (Å²) in [5.74, 6) is 2.82. The predicted molar refractivity (Wildman–Crippen MR) is 201 cm³/mol. The fourth-order valence-corrected chi connectivity index (χ4v) is 7.15. The monoisotopic (exact) mass is 723 g/mol. The van der Waals surface area contributed by atoms with Gasteiger partial charge in [0, 0.05) is 35.7 Å². The number of halogens is 3. The Bertz CT molecular complexity index is 2450. The normalized spacial score (nSPS) is 11.4. The minimum absolute atomic E-state index is 0.526. The maximum absolute atomic E-state index is 6.42. The first-order valence-electron chi connectivity index (χ1n) is 15.7. The maximum atomic E-state index is 6.42. The molecule has 3 aromatic carbocycles. The van der Waals surface area contributed by atoms with Gasteiger partial charge in [-0.3, -0.25) is 13.8 Å². The van der Waals surface area contributed by atoms with E-state index in [1.165, 1.54) is 0 Å². The summed E-state index contributed by atoms with van der Waals surface area (Å²) in [6.07, 6.45) is 3.63. The van der Waals surface area contributed by atoms with Gasteiger partial charge in [0.15, 0.2) is 0 Å². The van der Waals surface area contributed by atoms with Crippen LogP contribution in [-0.4, -0.2) is 47.9 Å². The van der Waals surface area contributed by atoms with E-state index in [0.717, 1.165) is 84.2 Å². The number of benzene rings is 3. The number of nitrogens with zero attached hydrogens (tertiary/aromatic N) is 7. The molecule has 0 N–H and O–H groups in total. The first-order valence-corrected chi connectivity index (χ1v) is 16.9. The molecule has 0 amide bonds. The van der Waals surface area contributed by atoms with E-state index in [9.17, 15) is 0 Å². The highest BCUT2D eigenvalue weighted by Crippen LogP contribution is 2.36. The van der Waals surface area contributed by atoms with Gasteiger partial charge in [0.1, 0.15) is 23.1 Å². The van der Waals surface area contributed by atoms with Crippen LogP contribution in [0.4, 0.5) is 0 Å². The van der Waals surface area contributed by atoms with E-state index in [-0.39, 0.29) is 0 Å². The molecule has 0 radical (unpaired) electrons. The van der Waals surface area contributed by atoms with E-state index < -0.39 is 0 Å². The fourth-order valence-electron chi connectivity index (χ4n) is 6.46. The van der Waals surface area contributed by atoms with Crippen LogP contribution in [0.2, 0.25) is 15.1 Å². The van der Waals surface area contributed by atoms with Crippen molar-refractivity contribution in [3.63, 3.8) is 0 Å². The van der Waals surface area contributed by atoms with Gasteiger partial charge in [-0.1, -0.05) is 46.9 Å². The third-order valence-corrected chi connectivity index (χ3v) is 9.66. The number of hydrogen-bond acceptors (Lipinski definition) is 7. The quantitative estimate of drug-likeness (QED) is 0.178. The molecule has 0 saturated heterocycles. The molecule has 9 nitrogen and oxygen atoms in total. The average molecular weight is 725 g/mol. The van der Waals surface area contributed by atoms with Crippen molar-refractivity contribution in [1.29, 1.82) is 0 Å². The van der Waals surface area contributed by atoms with Crippen molar-refractivity contribution in [2.45, 2.75) is 34.6 Å². The molecule has 0 bridgehead atoms. The van der Waals surface area contributed by atoms with E-state index in [4.69, 9.17) is 64.2 Å². The first-order chi connectivity index (χ1) is 24.0. The third kappa shape index (κ3) is 5.55. The summed E-state index contributed by atoms with van der Waals surface area (Å²) in [5, 5.41) is 1.72. The van der Waals surface area contributed by atoms with Gasteiger partial charge in [-0.05, 0) is 70.5 Å². The van der Waals surface area contributed by atoms with Crippen molar-refractivity contribution < 1.29 is 9.47 Å². The zero-order valence-electron chi connectivity index (χ0n) is 28.4. The van der Waals surface area contributed by atoms with Crippen molar-refractivity contribution in [2.24, 2.45) is 0 Å². The summed E-state index contributed by atoms with van der Waals surface area (Å²) in [5.41, 5.74) is 11.9. The molecule has 0 saturated carbocycles. The SMILES string of the molecule is COc1cc2nc(C)c3c(C)nc(-c4ccccc4Cl)n3c2cc1Cl.COc1cc2nc(C)c3c(C)nc(-c4cnccc4C)n3c2cc1Cl. The molecule has 0 atom stereocenters. The number of methoxy groups -OCH3 is 2. The van der Waals surface area contributed by atoms with E-state index in [1.807, 2.05) is 88.5 Å². The molecular weight excluding hydrogens is 693 g/mol. The minimum atomic E-state index is 0.526. The Hall–Kier alpha value is -4.96. The summed E-state index contributed by atoms with van der Waals surface area (Å²) in [4.78, 5) is 23.3. The maximum Gasteiger partial charge on any atom is 0.147 e. The molecule has 0 aliphatic heterocycles. The van der Waals surface area contributed by atoms with E-state index in [1.54, 1.807) is 20.4 Å². The smallest absolute Gasteiger partial charge is 0.147 e. The number of fused-ring (bicyclic) bond motifs is 6. The lowest BCUT2D eigenvalue weighted by atomic mass is 10.1. The molecule has 0 fully saturated rings. The van der Waals surface area contributed by atoms with Crippen LogP contribution in [0.25, 0.3) is 55.9 Å². The summed E-state index contributed by atoms with van der Waals surface area (Å²) >= 11 is 19.2. The molecule has 8 rings (SSSR count). The molecule has 12 heteroatoms. The Balaban J connectivity index is 0.000000157. The van der Waals surface area contributed by atoms with Crippen LogP contribution < -0.4 is 9.47 Å². The highest BCUT2D eigenvalue weighted by molar-refractivity contribution is 6.33. The van der Waals surface area contributed by atoms with Gasteiger partial charge in [0.2, 0.25) is 0 Å². The number of aryl methyl sites for hydroxylation is 5. The Morgan fingerprint density at radius 2 is 1.04 bits per heavy atom. The van der Waals surface area contributed by atoms with Gasteiger partial charge in [-0.2, -0.15) is 0 Å². The molecular formula is C38H32Cl3N7O2. The average Bonchev–Trinajstić information content (AvgIpc) is 3.63. The van der Waals surface area contributed by atoms with Crippen LogP contribution in [0.3, 0.4) is 0 Å². The second-order valence-corrected chi connectivity index (χ2v) is 13.1. The predicted octanol–water partition coefficient (Wildman–Crippen LogP) is 10.0. The van der Waals surface area contributed by atoms with E-state index in [2.05, 4.69) is 20.7 Å². The van der Waals surface area contributed by atoms with Crippen molar-refractivity contribution in [3.8, 4) is 34.3 Å². The van der Waals surface area contributed by atoms with E-state index >= 15 is 0 Å². The number of rotatable bonds is 4. The van der Waals surface area contributed by atoms with Crippen molar-refractivity contribution in [3.05, 3.63) is 110 Å². The molecule has 5 aromatic heterocycles. The third-order valence-electron chi connectivity index (χ3n) is 8.74. The topological polar surface area (TPSA) is 91.7 Å². The number of hydrogen-bond donors (Lipinski definition) is 0. The summed E-state index contributed by atoms with van der Waals surface area (Å²) < 4.78 is 14.8. The molecule has 0 aliphatic carbocycles. The van der Waals surface area contributed by atoms with Crippen molar-refractivity contribution in [1.82, 2.24) is 33.7 Å². The van der Waals surface area contributed by atoms with Gasteiger partial charge >= 0.3 is 0 Å². The standard InChI is InChI=1S/C19H15Cl2N3O.C19H17ClN4O/c1-10-18-11(2)23-19(12-6-4-5-7-13(12)20)24(18)16-8-14(21)17(25-3)9-15(16)22-10;1-10-5-6-21-9-13(10)19-23-12(3)18-11(2)22-15-8-17(25-4)14(20)7-16(15)24(18)19/h4-9H,1-3H3;5-9H,1-4H3. The van der Waals surface area contributed by atoms with Crippen LogP contribution in [0.5, 0.6) is 11.5 Å². The molecule has 8 aromatic rings. The molecule has 0 unspecified atom stereocenters. The Morgan fingerprint density at radius 1 is 0.560 bits per heavy atom. The Kier molecular flexibility index (Phi) is 8.76. The van der Waals surface area contributed by atoms with Gasteiger partial charge in [0.05, 0.1) is 85.2 Å².